The third-order valence-corrected chi connectivity index (χ3v) is 13.4. The van der Waals surface area contributed by atoms with Crippen molar-refractivity contribution in [2.45, 2.75) is 85.6 Å². The summed E-state index contributed by atoms with van der Waals surface area (Å²) in [5.41, 5.74) is 5.60. The lowest BCUT2D eigenvalue weighted by Gasteiger charge is -2.33. The molecule has 1 unspecified atom stereocenters. The minimum Gasteiger partial charge on any atom is -0.508 e. The number of likely N-dealkylation sites (tertiary alicyclic amines) is 1. The van der Waals surface area contributed by atoms with Gasteiger partial charge in [-0.3, -0.25) is 9.59 Å². The van der Waals surface area contributed by atoms with Crippen LogP contribution in [0.2, 0.25) is 0 Å². The number of nitrogens with zero attached hydrogens (tertiary/aromatic N) is 7. The van der Waals surface area contributed by atoms with Crippen molar-refractivity contribution in [2.75, 3.05) is 26.7 Å². The van der Waals surface area contributed by atoms with E-state index in [1.165, 1.54) is 22.6 Å². The number of aliphatic hydroxyl groups excluding tert-OH is 1. The molecular weight excluding hydrogens is 885 g/mol. The minimum absolute atomic E-state index is 0.0308. The summed E-state index contributed by atoms with van der Waals surface area (Å²) in [6, 6.07) is 17.3. The number of phenols is 2. The SMILES string of the molecule is CC.CCc1c2c(nc3ccc(OC(=O)N(C)CC(=O)N4CCC(Cn5ccc6cc(-n7c(-c8cc(C(C)C)c(O)cc8O)n[nH]c7=O)ccc65)CC4)cc13)-c1cc3c(c(=O)n1C2)COC(=O)C3O. The molecule has 7 aromatic rings. The molecule has 1 fully saturated rings. The molecule has 18 nitrogen and oxygen atoms in total. The highest BCUT2D eigenvalue weighted by Gasteiger charge is 2.35. The van der Waals surface area contributed by atoms with Gasteiger partial charge in [0.25, 0.3) is 5.56 Å². The number of H-pyrrole nitrogens is 1. The number of pyridine rings is 2. The highest BCUT2D eigenvalue weighted by Crippen LogP contribution is 2.40. The normalized spacial score (nSPS) is 15.4. The van der Waals surface area contributed by atoms with Crippen molar-refractivity contribution in [1.29, 1.82) is 0 Å². The van der Waals surface area contributed by atoms with Crippen molar-refractivity contribution in [3.63, 3.8) is 0 Å². The van der Waals surface area contributed by atoms with Crippen LogP contribution in [0.5, 0.6) is 17.2 Å². The van der Waals surface area contributed by atoms with Crippen LogP contribution in [0.1, 0.15) is 87.3 Å². The van der Waals surface area contributed by atoms with Gasteiger partial charge in [-0.2, -0.15) is 5.10 Å². The second-order valence-electron chi connectivity index (χ2n) is 17.8. The zero-order chi connectivity index (χ0) is 49.0. The van der Waals surface area contributed by atoms with Gasteiger partial charge >= 0.3 is 17.8 Å². The average Bonchev–Trinajstić information content (AvgIpc) is 4.04. The molecule has 1 saturated heterocycles. The Labute approximate surface area is 396 Å². The summed E-state index contributed by atoms with van der Waals surface area (Å²) in [5, 5.41) is 40.0. The van der Waals surface area contributed by atoms with Crippen LogP contribution in [0.15, 0.2) is 76.4 Å². The van der Waals surface area contributed by atoms with Crippen molar-refractivity contribution in [3.8, 4) is 45.7 Å². The number of cyclic esters (lactones) is 1. The maximum atomic E-state index is 13.5. The molecule has 0 bridgehead atoms. The first-order chi connectivity index (χ1) is 33.2. The number of likely N-dealkylation sites (N-methyl/N-ethyl adjacent to an activating group) is 1. The van der Waals surface area contributed by atoms with Crippen LogP contribution in [0.25, 0.3) is 50.3 Å². The average molecular weight is 939 g/mol. The number of aromatic hydroxyl groups is 2. The minimum atomic E-state index is -1.55. The van der Waals surface area contributed by atoms with Gasteiger partial charge in [-0.05, 0) is 96.8 Å². The van der Waals surface area contributed by atoms with Crippen molar-refractivity contribution >= 4 is 39.8 Å². The van der Waals surface area contributed by atoms with Gasteiger partial charge in [-0.15, -0.1) is 0 Å². The third-order valence-electron chi connectivity index (χ3n) is 13.4. The first-order valence-corrected chi connectivity index (χ1v) is 23.3. The summed E-state index contributed by atoms with van der Waals surface area (Å²) >= 11 is 0. The number of aromatic amines is 1. The molecule has 358 valence electrons. The molecule has 4 N–H and O–H groups in total. The molecule has 2 amide bonds. The van der Waals surface area contributed by atoms with Crippen LogP contribution in [-0.4, -0.2) is 98.7 Å². The first kappa shape index (κ1) is 46.4. The van der Waals surface area contributed by atoms with E-state index in [4.69, 9.17) is 14.5 Å². The zero-order valence-electron chi connectivity index (χ0n) is 39.3. The first-order valence-electron chi connectivity index (χ1n) is 23.3. The van der Waals surface area contributed by atoms with Gasteiger partial charge in [0.1, 0.15) is 30.4 Å². The Bertz CT molecular complexity index is 3320. The number of amides is 2. The number of hydrogen-bond donors (Lipinski definition) is 4. The lowest BCUT2D eigenvalue weighted by molar-refractivity contribution is -0.157. The van der Waals surface area contributed by atoms with E-state index in [0.717, 1.165) is 46.8 Å². The second-order valence-corrected chi connectivity index (χ2v) is 17.8. The molecule has 0 spiro atoms. The molecule has 10 rings (SSSR count). The summed E-state index contributed by atoms with van der Waals surface area (Å²) < 4.78 is 15.9. The smallest absolute Gasteiger partial charge is 0.415 e. The lowest BCUT2D eigenvalue weighted by Crippen LogP contribution is -2.45. The van der Waals surface area contributed by atoms with Crippen molar-refractivity contribution < 1.29 is 39.2 Å². The molecule has 3 aliphatic rings. The number of carbonyl (C=O) groups excluding carboxylic acids is 3. The Morgan fingerprint density at radius 3 is 2.48 bits per heavy atom. The molecule has 18 heteroatoms. The number of benzene rings is 3. The number of aromatic nitrogens is 6. The van der Waals surface area contributed by atoms with E-state index < -0.39 is 23.9 Å². The number of aliphatic hydroxyl groups is 1. The van der Waals surface area contributed by atoms with Gasteiger partial charge < -0.3 is 43.7 Å². The van der Waals surface area contributed by atoms with Gasteiger partial charge in [-0.25, -0.2) is 29.0 Å². The fraction of sp³-hybridized carbons (Fsp3) is 0.353. The van der Waals surface area contributed by atoms with Gasteiger partial charge in [0.15, 0.2) is 11.9 Å². The Morgan fingerprint density at radius 1 is 0.971 bits per heavy atom. The molecule has 3 aromatic carbocycles. The summed E-state index contributed by atoms with van der Waals surface area (Å²) in [7, 11) is 1.52. The predicted octanol–water partition coefficient (Wildman–Crippen LogP) is 6.50. The van der Waals surface area contributed by atoms with Crippen LogP contribution >= 0.6 is 0 Å². The van der Waals surface area contributed by atoms with E-state index in [2.05, 4.69) is 14.8 Å². The van der Waals surface area contributed by atoms with E-state index in [9.17, 15) is 39.3 Å². The molecule has 3 aliphatic heterocycles. The number of piperidine rings is 1. The number of phenolic OH excluding ortho intramolecular Hbond substituents is 2. The van der Waals surface area contributed by atoms with Crippen molar-refractivity contribution in [1.82, 2.24) is 38.7 Å². The standard InChI is InChI=1S/C49H48N8O10.C2H6/c1-5-30-32-17-29(7-8-37(32)50-43-35(30)22-56-39(43)19-33-36(46(56)62)24-66-47(63)44(33)61)67-49(65)53(4)23-42(60)54-13-10-26(11-14-54)21-55-15-12-27-16-28(6-9-38(27)55)57-45(51-52-48(57)64)34-18-31(25(2)3)40(58)20-41(34)59;1-2/h6-9,12,15-20,25-26,44,58-59,61H,5,10-11,13-14,21-24H2,1-4H3,(H,52,64);1-2H3. The van der Waals surface area contributed by atoms with Crippen LogP contribution in [0.3, 0.4) is 0 Å². The molecule has 0 aliphatic carbocycles. The summed E-state index contributed by atoms with van der Waals surface area (Å²) in [5.74, 6) is -0.450. The summed E-state index contributed by atoms with van der Waals surface area (Å²) in [4.78, 5) is 73.3. The monoisotopic (exact) mass is 938 g/mol. The van der Waals surface area contributed by atoms with Crippen LogP contribution in [-0.2, 0) is 40.4 Å². The fourth-order valence-corrected chi connectivity index (χ4v) is 9.78. The van der Waals surface area contributed by atoms with E-state index in [1.54, 1.807) is 39.8 Å². The molecule has 7 heterocycles. The largest absolute Gasteiger partial charge is 0.508 e. The number of esters is 1. The highest BCUT2D eigenvalue weighted by atomic mass is 16.6. The van der Waals surface area contributed by atoms with Crippen LogP contribution in [0.4, 0.5) is 4.79 Å². The number of carbonyl (C=O) groups is 3. The Kier molecular flexibility index (Phi) is 12.4. The Morgan fingerprint density at radius 2 is 1.74 bits per heavy atom. The predicted molar refractivity (Wildman–Crippen MR) is 257 cm³/mol. The Hall–Kier alpha value is -7.73. The molecule has 69 heavy (non-hydrogen) atoms. The molecular formula is C51H54N8O10. The van der Waals surface area contributed by atoms with Crippen LogP contribution < -0.4 is 16.0 Å². The second kappa shape index (κ2) is 18.4. The number of nitrogens with one attached hydrogen (secondary N) is 1. The van der Waals surface area contributed by atoms with E-state index in [-0.39, 0.29) is 71.3 Å². The van der Waals surface area contributed by atoms with Gasteiger partial charge in [0.2, 0.25) is 5.91 Å². The van der Waals surface area contributed by atoms with Crippen LogP contribution in [0, 0.1) is 5.92 Å². The Balaban J connectivity index is 0.00000293. The summed E-state index contributed by atoms with van der Waals surface area (Å²) in [6.07, 6.45) is 1.90. The fourth-order valence-electron chi connectivity index (χ4n) is 9.78. The van der Waals surface area contributed by atoms with Crippen molar-refractivity contribution in [3.05, 3.63) is 116 Å². The van der Waals surface area contributed by atoms with E-state index in [1.807, 2.05) is 65.1 Å². The quantitative estimate of drug-likeness (QED) is 0.114. The van der Waals surface area contributed by atoms with Gasteiger partial charge in [0.05, 0.1) is 40.3 Å². The maximum absolute atomic E-state index is 13.5. The molecule has 0 radical (unpaired) electrons. The number of aryl methyl sites for hydroxylation is 1. The number of rotatable bonds is 9. The zero-order valence-corrected chi connectivity index (χ0v) is 39.3. The van der Waals surface area contributed by atoms with E-state index in [0.29, 0.717) is 59.1 Å². The highest BCUT2D eigenvalue weighted by molar-refractivity contribution is 5.90. The lowest BCUT2D eigenvalue weighted by atomic mass is 9.96. The maximum Gasteiger partial charge on any atom is 0.415 e. The van der Waals surface area contributed by atoms with Gasteiger partial charge in [0, 0.05) is 66.4 Å². The molecule has 0 saturated carbocycles. The molecule has 4 aromatic heterocycles. The summed E-state index contributed by atoms with van der Waals surface area (Å²) in [6.45, 7) is 11.5. The van der Waals surface area contributed by atoms with E-state index >= 15 is 0 Å². The topological polar surface area (TPSA) is 227 Å². The number of ether oxygens (including phenoxy) is 2. The van der Waals surface area contributed by atoms with Gasteiger partial charge in [-0.1, -0.05) is 34.6 Å². The number of fused-ring (bicyclic) bond motifs is 6. The third kappa shape index (κ3) is 8.27. The number of hydrogen-bond acceptors (Lipinski definition) is 12. The van der Waals surface area contributed by atoms with Crippen molar-refractivity contribution in [2.24, 2.45) is 5.92 Å². The molecule has 1 atom stereocenters.